The van der Waals surface area contributed by atoms with Gasteiger partial charge in [0.15, 0.2) is 0 Å². The molecule has 2 aromatic rings. The Bertz CT molecular complexity index is 973. The van der Waals surface area contributed by atoms with Crippen molar-refractivity contribution in [3.8, 4) is 11.5 Å². The second-order valence-corrected chi connectivity index (χ2v) is 7.48. The number of hydrogen-bond donors (Lipinski definition) is 0. The molecule has 0 unspecified atom stereocenters. The molecular formula is C24H28N2O4. The molecule has 0 aromatic heterocycles. The molecule has 0 atom stereocenters. The first-order valence-electron chi connectivity index (χ1n) is 10.3. The number of aliphatic imine (C=N–C) groups is 2. The molecule has 1 aliphatic heterocycles. The first-order valence-corrected chi connectivity index (χ1v) is 10.3. The van der Waals surface area contributed by atoms with Crippen molar-refractivity contribution in [2.75, 3.05) is 19.8 Å². The zero-order valence-corrected chi connectivity index (χ0v) is 18.0. The molecule has 0 spiro atoms. The number of hydrogen-bond acceptors (Lipinski definition) is 6. The average Bonchev–Trinajstić information content (AvgIpc) is 2.75. The number of esters is 1. The maximum absolute atomic E-state index is 12.1. The van der Waals surface area contributed by atoms with Crippen LogP contribution in [0.5, 0.6) is 11.5 Å². The van der Waals surface area contributed by atoms with Crippen molar-refractivity contribution in [1.82, 2.24) is 0 Å². The van der Waals surface area contributed by atoms with Gasteiger partial charge in [-0.2, -0.15) is 9.98 Å². The van der Waals surface area contributed by atoms with E-state index in [-0.39, 0.29) is 5.41 Å². The van der Waals surface area contributed by atoms with E-state index >= 15 is 0 Å². The molecule has 0 N–H and O–H groups in total. The molecule has 6 heteroatoms. The number of ether oxygens (including phenoxy) is 3. The van der Waals surface area contributed by atoms with Gasteiger partial charge in [-0.1, -0.05) is 19.9 Å². The summed E-state index contributed by atoms with van der Waals surface area (Å²) >= 11 is 0. The minimum Gasteiger partial charge on any atom is -0.491 e. The average molecular weight is 408 g/mol. The third kappa shape index (κ3) is 4.89. The van der Waals surface area contributed by atoms with E-state index in [0.717, 1.165) is 18.4 Å². The lowest BCUT2D eigenvalue weighted by Gasteiger charge is -2.31. The molecule has 158 valence electrons. The Morgan fingerprint density at radius 1 is 1.00 bits per heavy atom. The highest BCUT2D eigenvalue weighted by molar-refractivity contribution is 5.91. The lowest BCUT2D eigenvalue weighted by Crippen LogP contribution is -2.34. The predicted molar refractivity (Wildman–Crippen MR) is 117 cm³/mol. The highest BCUT2D eigenvalue weighted by Gasteiger charge is 2.29. The number of fused-ring (bicyclic) bond motifs is 2. The van der Waals surface area contributed by atoms with Crippen molar-refractivity contribution >= 4 is 23.4 Å². The Morgan fingerprint density at radius 3 is 2.20 bits per heavy atom. The summed E-state index contributed by atoms with van der Waals surface area (Å²) in [6.07, 6.45) is 1.79. The van der Waals surface area contributed by atoms with E-state index in [2.05, 4.69) is 29.8 Å². The SMILES string of the molecule is CCOC(=O)c1ccc2c(c1)N=C=Nc1cc(C)ccc1OCC(CC)(CC)CO2. The third-order valence-corrected chi connectivity index (χ3v) is 5.49. The van der Waals surface area contributed by atoms with Crippen LogP contribution < -0.4 is 9.47 Å². The Kier molecular flexibility index (Phi) is 6.91. The van der Waals surface area contributed by atoms with Gasteiger partial charge >= 0.3 is 5.97 Å². The fraction of sp³-hybridized carbons (Fsp3) is 0.417. The van der Waals surface area contributed by atoms with Crippen LogP contribution in [0.25, 0.3) is 0 Å². The summed E-state index contributed by atoms with van der Waals surface area (Å²) in [7, 11) is 0. The van der Waals surface area contributed by atoms with E-state index in [9.17, 15) is 4.79 Å². The molecule has 0 radical (unpaired) electrons. The minimum absolute atomic E-state index is 0.161. The van der Waals surface area contributed by atoms with E-state index in [1.165, 1.54) is 0 Å². The molecule has 3 rings (SSSR count). The van der Waals surface area contributed by atoms with Gasteiger partial charge in [-0.3, -0.25) is 0 Å². The van der Waals surface area contributed by atoms with E-state index in [4.69, 9.17) is 14.2 Å². The number of aryl methyl sites for hydroxylation is 1. The second kappa shape index (κ2) is 9.59. The largest absolute Gasteiger partial charge is 0.491 e. The molecule has 6 nitrogen and oxygen atoms in total. The van der Waals surface area contributed by atoms with E-state index in [1.54, 1.807) is 25.1 Å². The predicted octanol–water partition coefficient (Wildman–Crippen LogP) is 5.89. The summed E-state index contributed by atoms with van der Waals surface area (Å²) in [6.45, 7) is 9.34. The summed E-state index contributed by atoms with van der Waals surface area (Å²) in [5.41, 5.74) is 2.48. The van der Waals surface area contributed by atoms with Gasteiger partial charge in [-0.05, 0) is 62.6 Å². The van der Waals surface area contributed by atoms with Gasteiger partial charge in [0, 0.05) is 5.41 Å². The van der Waals surface area contributed by atoms with Crippen molar-refractivity contribution in [2.24, 2.45) is 15.4 Å². The first-order chi connectivity index (χ1) is 14.5. The number of carbonyl (C=O) groups excluding carboxylic acids is 1. The van der Waals surface area contributed by atoms with Gasteiger partial charge in [-0.25, -0.2) is 4.79 Å². The standard InChI is InChI=1S/C24H28N2O4/c1-5-24(6-2)14-29-21-10-8-17(4)12-19(21)25-16-26-20-13-18(23(27)28-7-3)9-11-22(20)30-15-24/h8-13H,5-7,14-15H2,1-4H3. The smallest absolute Gasteiger partial charge is 0.338 e. The van der Waals surface area contributed by atoms with Crippen LogP contribution in [0.15, 0.2) is 46.4 Å². The molecule has 0 amide bonds. The monoisotopic (exact) mass is 408 g/mol. The molecule has 2 aromatic carbocycles. The Labute approximate surface area is 177 Å². The molecule has 0 saturated carbocycles. The summed E-state index contributed by atoms with van der Waals surface area (Å²) in [6, 6.07) is 13.7. The number of nitrogens with zero attached hydrogens (tertiary/aromatic N) is 2. The van der Waals surface area contributed by atoms with Crippen LogP contribution in [0, 0.1) is 12.3 Å². The topological polar surface area (TPSA) is 69.5 Å². The van der Waals surface area contributed by atoms with Crippen LogP contribution in [0.2, 0.25) is 0 Å². The molecule has 0 fully saturated rings. The van der Waals surface area contributed by atoms with Crippen molar-refractivity contribution in [3.63, 3.8) is 0 Å². The highest BCUT2D eigenvalue weighted by atomic mass is 16.5. The molecule has 0 bridgehead atoms. The van der Waals surface area contributed by atoms with Gasteiger partial charge < -0.3 is 14.2 Å². The third-order valence-electron chi connectivity index (χ3n) is 5.49. The zero-order chi connectivity index (χ0) is 21.6. The lowest BCUT2D eigenvalue weighted by atomic mass is 9.84. The second-order valence-electron chi connectivity index (χ2n) is 7.48. The number of rotatable bonds is 4. The molecule has 1 heterocycles. The van der Waals surface area contributed by atoms with Gasteiger partial charge in [0.25, 0.3) is 0 Å². The van der Waals surface area contributed by atoms with Gasteiger partial charge in [0.05, 0.1) is 25.4 Å². The normalized spacial score (nSPS) is 14.9. The first kappa shape index (κ1) is 21.6. The summed E-state index contributed by atoms with van der Waals surface area (Å²) < 4.78 is 17.4. The van der Waals surface area contributed by atoms with Crippen LogP contribution in [0.1, 0.15) is 49.5 Å². The van der Waals surface area contributed by atoms with Crippen LogP contribution >= 0.6 is 0 Å². The van der Waals surface area contributed by atoms with Gasteiger partial charge in [0.2, 0.25) is 0 Å². The van der Waals surface area contributed by atoms with E-state index in [0.29, 0.717) is 48.3 Å². The van der Waals surface area contributed by atoms with Crippen molar-refractivity contribution in [3.05, 3.63) is 47.5 Å². The van der Waals surface area contributed by atoms with Crippen LogP contribution in [0.3, 0.4) is 0 Å². The van der Waals surface area contributed by atoms with E-state index in [1.807, 2.05) is 25.1 Å². The van der Waals surface area contributed by atoms with Crippen molar-refractivity contribution in [2.45, 2.75) is 40.5 Å². The Balaban J connectivity index is 2.09. The highest BCUT2D eigenvalue weighted by Crippen LogP contribution is 2.36. The molecular weight excluding hydrogens is 380 g/mol. The van der Waals surface area contributed by atoms with E-state index < -0.39 is 5.97 Å². The van der Waals surface area contributed by atoms with Crippen molar-refractivity contribution < 1.29 is 19.0 Å². The lowest BCUT2D eigenvalue weighted by molar-refractivity contribution is 0.0526. The summed E-state index contributed by atoms with van der Waals surface area (Å²) in [4.78, 5) is 20.9. The molecule has 0 aliphatic carbocycles. The van der Waals surface area contributed by atoms with Gasteiger partial charge in [0.1, 0.15) is 28.9 Å². The fourth-order valence-corrected chi connectivity index (χ4v) is 3.20. The fourth-order valence-electron chi connectivity index (χ4n) is 3.20. The zero-order valence-electron chi connectivity index (χ0n) is 18.0. The molecule has 0 saturated heterocycles. The summed E-state index contributed by atoms with van der Waals surface area (Å²) in [5, 5.41) is 0. The summed E-state index contributed by atoms with van der Waals surface area (Å²) in [5.74, 6) is 0.863. The van der Waals surface area contributed by atoms with Gasteiger partial charge in [-0.15, -0.1) is 0 Å². The maximum Gasteiger partial charge on any atom is 0.338 e. The molecule has 30 heavy (non-hydrogen) atoms. The van der Waals surface area contributed by atoms with Crippen LogP contribution in [-0.4, -0.2) is 31.8 Å². The quantitative estimate of drug-likeness (QED) is 0.592. The van der Waals surface area contributed by atoms with Crippen molar-refractivity contribution in [1.29, 1.82) is 0 Å². The van der Waals surface area contributed by atoms with Crippen LogP contribution in [0.4, 0.5) is 11.4 Å². The number of carbonyl (C=O) groups is 1. The Morgan fingerprint density at radius 2 is 1.60 bits per heavy atom. The maximum atomic E-state index is 12.1. The van der Waals surface area contributed by atoms with Crippen LogP contribution in [-0.2, 0) is 4.74 Å². The minimum atomic E-state index is -0.399. The number of benzene rings is 2. The Hall–Kier alpha value is -3.11. The molecule has 1 aliphatic rings.